The SMILES string of the molecule is CC(N)Cc1c(N2CCCCC2)nc2ccccn12. The first-order valence-corrected chi connectivity index (χ1v) is 7.22. The van der Waals surface area contributed by atoms with Gasteiger partial charge in [-0.05, 0) is 38.3 Å². The van der Waals surface area contributed by atoms with Crippen molar-refractivity contribution in [3.05, 3.63) is 30.1 Å². The van der Waals surface area contributed by atoms with Gasteiger partial charge in [0.25, 0.3) is 0 Å². The summed E-state index contributed by atoms with van der Waals surface area (Å²) in [6.45, 7) is 4.30. The van der Waals surface area contributed by atoms with Crippen molar-refractivity contribution in [2.24, 2.45) is 5.73 Å². The van der Waals surface area contributed by atoms with Gasteiger partial charge in [-0.2, -0.15) is 0 Å². The fourth-order valence-corrected chi connectivity index (χ4v) is 2.89. The zero-order chi connectivity index (χ0) is 13.2. The molecule has 1 aliphatic rings. The summed E-state index contributed by atoms with van der Waals surface area (Å²) >= 11 is 0. The van der Waals surface area contributed by atoms with Crippen LogP contribution in [0.1, 0.15) is 31.9 Å². The highest BCUT2D eigenvalue weighted by Gasteiger charge is 2.20. The molecule has 1 unspecified atom stereocenters. The Morgan fingerprint density at radius 2 is 2.05 bits per heavy atom. The third-order valence-electron chi connectivity index (χ3n) is 3.78. The molecule has 3 rings (SSSR count). The second kappa shape index (κ2) is 5.21. The number of fused-ring (bicyclic) bond motifs is 1. The van der Waals surface area contributed by atoms with Gasteiger partial charge in [-0.25, -0.2) is 4.98 Å². The Morgan fingerprint density at radius 1 is 1.26 bits per heavy atom. The summed E-state index contributed by atoms with van der Waals surface area (Å²) in [4.78, 5) is 7.25. The Morgan fingerprint density at radius 3 is 2.79 bits per heavy atom. The molecule has 0 spiro atoms. The molecule has 102 valence electrons. The smallest absolute Gasteiger partial charge is 0.151 e. The lowest BCUT2D eigenvalue weighted by Gasteiger charge is -2.28. The Bertz CT molecular complexity index is 552. The third kappa shape index (κ3) is 2.45. The van der Waals surface area contributed by atoms with E-state index >= 15 is 0 Å². The van der Waals surface area contributed by atoms with E-state index < -0.39 is 0 Å². The van der Waals surface area contributed by atoms with E-state index in [0.29, 0.717) is 0 Å². The number of imidazole rings is 1. The van der Waals surface area contributed by atoms with Crippen molar-refractivity contribution in [2.45, 2.75) is 38.6 Å². The predicted molar refractivity (Wildman–Crippen MR) is 78.6 cm³/mol. The van der Waals surface area contributed by atoms with E-state index in [9.17, 15) is 0 Å². The molecule has 2 aromatic rings. The Balaban J connectivity index is 2.05. The summed E-state index contributed by atoms with van der Waals surface area (Å²) in [6.07, 6.45) is 6.84. The van der Waals surface area contributed by atoms with Crippen LogP contribution in [0.15, 0.2) is 24.4 Å². The summed E-state index contributed by atoms with van der Waals surface area (Å²) in [5.74, 6) is 1.14. The van der Waals surface area contributed by atoms with Crippen molar-refractivity contribution in [3.63, 3.8) is 0 Å². The highest BCUT2D eigenvalue weighted by atomic mass is 15.2. The van der Waals surface area contributed by atoms with Gasteiger partial charge in [0.15, 0.2) is 5.82 Å². The average Bonchev–Trinajstić information content (AvgIpc) is 2.78. The first kappa shape index (κ1) is 12.5. The third-order valence-corrected chi connectivity index (χ3v) is 3.78. The summed E-state index contributed by atoms with van der Waals surface area (Å²) < 4.78 is 2.19. The normalized spacial score (nSPS) is 17.9. The number of hydrogen-bond acceptors (Lipinski definition) is 3. The molecule has 0 aliphatic carbocycles. The fourth-order valence-electron chi connectivity index (χ4n) is 2.89. The van der Waals surface area contributed by atoms with Gasteiger partial charge in [0.05, 0.1) is 5.69 Å². The van der Waals surface area contributed by atoms with E-state index in [1.54, 1.807) is 0 Å². The molecule has 0 radical (unpaired) electrons. The number of anilines is 1. The van der Waals surface area contributed by atoms with E-state index in [1.165, 1.54) is 25.0 Å². The zero-order valence-electron chi connectivity index (χ0n) is 11.5. The van der Waals surface area contributed by atoms with Crippen LogP contribution in [0.25, 0.3) is 5.65 Å². The van der Waals surface area contributed by atoms with Gasteiger partial charge in [0, 0.05) is 31.7 Å². The fraction of sp³-hybridized carbons (Fsp3) is 0.533. The van der Waals surface area contributed by atoms with E-state index in [-0.39, 0.29) is 6.04 Å². The average molecular weight is 258 g/mol. The molecule has 4 heteroatoms. The minimum atomic E-state index is 0.156. The number of rotatable bonds is 3. The maximum Gasteiger partial charge on any atom is 0.151 e. The largest absolute Gasteiger partial charge is 0.355 e. The number of pyridine rings is 1. The van der Waals surface area contributed by atoms with Gasteiger partial charge in [-0.15, -0.1) is 0 Å². The number of aromatic nitrogens is 2. The lowest BCUT2D eigenvalue weighted by molar-refractivity contribution is 0.571. The molecular weight excluding hydrogens is 236 g/mol. The summed E-state index contributed by atoms with van der Waals surface area (Å²) in [6, 6.07) is 6.32. The van der Waals surface area contributed by atoms with Gasteiger partial charge in [0.2, 0.25) is 0 Å². The molecule has 0 saturated carbocycles. The second-order valence-corrected chi connectivity index (χ2v) is 5.54. The second-order valence-electron chi connectivity index (χ2n) is 5.54. The minimum absolute atomic E-state index is 0.156. The van der Waals surface area contributed by atoms with Crippen molar-refractivity contribution < 1.29 is 0 Å². The van der Waals surface area contributed by atoms with Crippen LogP contribution >= 0.6 is 0 Å². The van der Waals surface area contributed by atoms with E-state index in [4.69, 9.17) is 10.7 Å². The van der Waals surface area contributed by atoms with Crippen molar-refractivity contribution in [1.82, 2.24) is 9.38 Å². The van der Waals surface area contributed by atoms with Crippen molar-refractivity contribution in [2.75, 3.05) is 18.0 Å². The summed E-state index contributed by atoms with van der Waals surface area (Å²) in [5, 5.41) is 0. The Kier molecular flexibility index (Phi) is 3.42. The predicted octanol–water partition coefficient (Wildman–Crippen LogP) is 2.21. The van der Waals surface area contributed by atoms with Crippen molar-refractivity contribution in [3.8, 4) is 0 Å². The molecular formula is C15H22N4. The first-order valence-electron chi connectivity index (χ1n) is 7.22. The van der Waals surface area contributed by atoms with Gasteiger partial charge < -0.3 is 15.0 Å². The van der Waals surface area contributed by atoms with Gasteiger partial charge in [0.1, 0.15) is 5.65 Å². The molecule has 19 heavy (non-hydrogen) atoms. The lowest BCUT2D eigenvalue weighted by Crippen LogP contribution is -2.31. The standard InChI is InChI=1S/C15H22N4/c1-12(16)11-13-15(18-8-4-2-5-9-18)17-14-7-3-6-10-19(13)14/h3,6-7,10,12H,2,4-5,8-9,11,16H2,1H3. The molecule has 1 aliphatic heterocycles. The maximum absolute atomic E-state index is 6.01. The van der Waals surface area contributed by atoms with Crippen LogP contribution in [0.3, 0.4) is 0 Å². The first-order chi connectivity index (χ1) is 9.25. The van der Waals surface area contributed by atoms with Crippen LogP contribution in [0.5, 0.6) is 0 Å². The van der Waals surface area contributed by atoms with Crippen LogP contribution in [-0.4, -0.2) is 28.5 Å². The highest BCUT2D eigenvalue weighted by molar-refractivity contribution is 5.56. The molecule has 4 nitrogen and oxygen atoms in total. The van der Waals surface area contributed by atoms with Crippen LogP contribution in [0.2, 0.25) is 0 Å². The van der Waals surface area contributed by atoms with Crippen LogP contribution in [0, 0.1) is 0 Å². The van der Waals surface area contributed by atoms with Gasteiger partial charge in [-0.3, -0.25) is 0 Å². The van der Waals surface area contributed by atoms with Crippen LogP contribution in [-0.2, 0) is 6.42 Å². The maximum atomic E-state index is 6.01. The van der Waals surface area contributed by atoms with Crippen LogP contribution in [0.4, 0.5) is 5.82 Å². The monoisotopic (exact) mass is 258 g/mol. The van der Waals surface area contributed by atoms with E-state index in [1.807, 2.05) is 6.07 Å². The molecule has 0 bridgehead atoms. The van der Waals surface area contributed by atoms with E-state index in [0.717, 1.165) is 31.0 Å². The minimum Gasteiger partial charge on any atom is -0.355 e. The van der Waals surface area contributed by atoms with Crippen molar-refractivity contribution in [1.29, 1.82) is 0 Å². The number of nitrogens with two attached hydrogens (primary N) is 1. The Labute approximate surface area is 114 Å². The lowest BCUT2D eigenvalue weighted by atomic mass is 10.1. The molecule has 3 heterocycles. The zero-order valence-corrected chi connectivity index (χ0v) is 11.5. The Hall–Kier alpha value is -1.55. The highest BCUT2D eigenvalue weighted by Crippen LogP contribution is 2.25. The molecule has 1 fully saturated rings. The topological polar surface area (TPSA) is 46.6 Å². The molecule has 0 aromatic carbocycles. The number of hydrogen-bond donors (Lipinski definition) is 1. The molecule has 0 amide bonds. The van der Waals surface area contributed by atoms with Crippen LogP contribution < -0.4 is 10.6 Å². The molecule has 2 N–H and O–H groups in total. The van der Waals surface area contributed by atoms with Crippen molar-refractivity contribution >= 4 is 11.5 Å². The van der Waals surface area contributed by atoms with Gasteiger partial charge in [-0.1, -0.05) is 6.07 Å². The molecule has 1 atom stereocenters. The van der Waals surface area contributed by atoms with E-state index in [2.05, 4.69) is 34.6 Å². The van der Waals surface area contributed by atoms with Gasteiger partial charge >= 0.3 is 0 Å². The quantitative estimate of drug-likeness (QED) is 0.918. The molecule has 2 aromatic heterocycles. The summed E-state index contributed by atoms with van der Waals surface area (Å²) in [5.41, 5.74) is 8.30. The molecule has 1 saturated heterocycles. The number of piperidine rings is 1. The summed E-state index contributed by atoms with van der Waals surface area (Å²) in [7, 11) is 0. The number of nitrogens with zero attached hydrogens (tertiary/aromatic N) is 3.